The second kappa shape index (κ2) is 6.73. The lowest BCUT2D eigenvalue weighted by molar-refractivity contribution is 0.303. The van der Waals surface area contributed by atoms with Crippen molar-refractivity contribution in [1.29, 1.82) is 0 Å². The number of nitrogens with zero attached hydrogens (tertiary/aromatic N) is 2. The molecule has 0 bridgehead atoms. The van der Waals surface area contributed by atoms with Crippen molar-refractivity contribution >= 4 is 11.8 Å². The van der Waals surface area contributed by atoms with Crippen LogP contribution in [0.4, 0.5) is 0 Å². The molecule has 0 aromatic heterocycles. The molecule has 0 aliphatic carbocycles. The molecule has 0 radical (unpaired) electrons. The van der Waals surface area contributed by atoms with Crippen LogP contribution in [0, 0.1) is 5.92 Å². The van der Waals surface area contributed by atoms with Gasteiger partial charge in [-0.1, -0.05) is 19.9 Å². The van der Waals surface area contributed by atoms with Crippen molar-refractivity contribution in [2.24, 2.45) is 15.9 Å². The number of aliphatic imine (C=N–C) groups is 2. The van der Waals surface area contributed by atoms with Crippen molar-refractivity contribution in [3.05, 3.63) is 12.7 Å². The van der Waals surface area contributed by atoms with E-state index in [1.54, 1.807) is 14.2 Å². The highest BCUT2D eigenvalue weighted by molar-refractivity contribution is 5.96. The molecule has 4 nitrogen and oxygen atoms in total. The Balaban J connectivity index is 2.99. The smallest absolute Gasteiger partial charge is 0.212 e. The molecule has 1 rings (SSSR count). The SMILES string of the molecule is C=CCCC[C@@]1(C)N=C(OC)[C@@H](C(C)C)N=C1OC. The number of hydrogen-bond donors (Lipinski definition) is 0. The minimum absolute atomic E-state index is 0.0487. The Morgan fingerprint density at radius 3 is 2.53 bits per heavy atom. The van der Waals surface area contributed by atoms with Crippen LogP contribution in [-0.2, 0) is 9.47 Å². The largest absolute Gasteiger partial charge is 0.483 e. The molecule has 0 spiro atoms. The van der Waals surface area contributed by atoms with Gasteiger partial charge in [-0.15, -0.1) is 6.58 Å². The molecular weight excluding hydrogens is 240 g/mol. The highest BCUT2D eigenvalue weighted by Gasteiger charge is 2.39. The first kappa shape index (κ1) is 15.7. The zero-order chi connectivity index (χ0) is 14.5. The summed E-state index contributed by atoms with van der Waals surface area (Å²) >= 11 is 0. The highest BCUT2D eigenvalue weighted by Crippen LogP contribution is 2.28. The van der Waals surface area contributed by atoms with Gasteiger partial charge >= 0.3 is 0 Å². The Labute approximate surface area is 116 Å². The zero-order valence-electron chi connectivity index (χ0n) is 12.8. The third kappa shape index (κ3) is 3.58. The van der Waals surface area contributed by atoms with Crippen LogP contribution in [0.1, 0.15) is 40.0 Å². The molecule has 0 amide bonds. The molecule has 0 unspecified atom stereocenters. The predicted octanol–water partition coefficient (Wildman–Crippen LogP) is 3.23. The Morgan fingerprint density at radius 2 is 2.05 bits per heavy atom. The fourth-order valence-electron chi connectivity index (χ4n) is 2.30. The van der Waals surface area contributed by atoms with Crippen molar-refractivity contribution in [1.82, 2.24) is 0 Å². The van der Waals surface area contributed by atoms with Gasteiger partial charge in [0.1, 0.15) is 11.6 Å². The second-order valence-electron chi connectivity index (χ2n) is 5.44. The molecule has 0 N–H and O–H groups in total. The monoisotopic (exact) mass is 266 g/mol. The molecule has 0 saturated heterocycles. The second-order valence-corrected chi connectivity index (χ2v) is 5.44. The number of rotatable bonds is 5. The van der Waals surface area contributed by atoms with E-state index in [1.165, 1.54) is 0 Å². The van der Waals surface area contributed by atoms with Crippen LogP contribution >= 0.6 is 0 Å². The van der Waals surface area contributed by atoms with Crippen LogP contribution in [0.25, 0.3) is 0 Å². The van der Waals surface area contributed by atoms with Gasteiger partial charge in [0.2, 0.25) is 11.8 Å². The lowest BCUT2D eigenvalue weighted by atomic mass is 9.92. The first-order chi connectivity index (χ1) is 8.98. The molecular formula is C15H26N2O2. The van der Waals surface area contributed by atoms with Gasteiger partial charge in [-0.3, -0.25) is 0 Å². The van der Waals surface area contributed by atoms with E-state index in [0.29, 0.717) is 17.7 Å². The van der Waals surface area contributed by atoms with E-state index in [-0.39, 0.29) is 6.04 Å². The van der Waals surface area contributed by atoms with Gasteiger partial charge in [-0.25, -0.2) is 9.98 Å². The quantitative estimate of drug-likeness (QED) is 0.566. The molecule has 1 aliphatic heterocycles. The molecule has 0 fully saturated rings. The van der Waals surface area contributed by atoms with Gasteiger partial charge in [-0.05, 0) is 32.1 Å². The van der Waals surface area contributed by atoms with Crippen LogP contribution in [0.15, 0.2) is 22.6 Å². The highest BCUT2D eigenvalue weighted by atomic mass is 16.5. The van der Waals surface area contributed by atoms with E-state index in [1.807, 2.05) is 13.0 Å². The van der Waals surface area contributed by atoms with E-state index in [4.69, 9.17) is 19.5 Å². The first-order valence-corrected chi connectivity index (χ1v) is 6.85. The van der Waals surface area contributed by atoms with E-state index in [0.717, 1.165) is 19.3 Å². The van der Waals surface area contributed by atoms with E-state index < -0.39 is 5.54 Å². The van der Waals surface area contributed by atoms with Crippen molar-refractivity contribution in [2.45, 2.75) is 51.6 Å². The van der Waals surface area contributed by atoms with Crippen molar-refractivity contribution in [3.8, 4) is 0 Å². The Kier molecular flexibility index (Phi) is 5.58. The van der Waals surface area contributed by atoms with Crippen LogP contribution in [0.3, 0.4) is 0 Å². The van der Waals surface area contributed by atoms with Gasteiger partial charge in [0.25, 0.3) is 0 Å². The summed E-state index contributed by atoms with van der Waals surface area (Å²) in [6.07, 6.45) is 4.78. The van der Waals surface area contributed by atoms with Gasteiger partial charge in [-0.2, -0.15) is 0 Å². The van der Waals surface area contributed by atoms with Gasteiger partial charge < -0.3 is 9.47 Å². The maximum absolute atomic E-state index is 5.47. The number of ether oxygens (including phenoxy) is 2. The molecule has 108 valence electrons. The lowest BCUT2D eigenvalue weighted by Crippen LogP contribution is -2.44. The molecule has 0 saturated carbocycles. The molecule has 4 heteroatoms. The van der Waals surface area contributed by atoms with Crippen molar-refractivity contribution in [2.75, 3.05) is 14.2 Å². The summed E-state index contributed by atoms with van der Waals surface area (Å²) in [5.74, 6) is 1.74. The van der Waals surface area contributed by atoms with Crippen LogP contribution in [0.2, 0.25) is 0 Å². The molecule has 19 heavy (non-hydrogen) atoms. The van der Waals surface area contributed by atoms with Gasteiger partial charge in [0.15, 0.2) is 0 Å². The number of allylic oxidation sites excluding steroid dienone is 1. The fourth-order valence-corrected chi connectivity index (χ4v) is 2.30. The maximum Gasteiger partial charge on any atom is 0.212 e. The predicted molar refractivity (Wildman–Crippen MR) is 80.0 cm³/mol. The summed E-state index contributed by atoms with van der Waals surface area (Å²) in [5.41, 5.74) is -0.422. The van der Waals surface area contributed by atoms with Crippen LogP contribution < -0.4 is 0 Å². The lowest BCUT2D eigenvalue weighted by Gasteiger charge is -2.33. The molecule has 2 atom stereocenters. The number of methoxy groups -OCH3 is 2. The molecule has 1 aliphatic rings. The van der Waals surface area contributed by atoms with Crippen LogP contribution in [0.5, 0.6) is 0 Å². The average Bonchev–Trinajstić information content (AvgIpc) is 2.38. The summed E-state index contributed by atoms with van der Waals surface area (Å²) in [5, 5.41) is 0. The summed E-state index contributed by atoms with van der Waals surface area (Å²) in [6.45, 7) is 10.0. The minimum atomic E-state index is -0.422. The van der Waals surface area contributed by atoms with Gasteiger partial charge in [0, 0.05) is 0 Å². The Bertz CT molecular complexity index is 374. The first-order valence-electron chi connectivity index (χ1n) is 6.85. The standard InChI is InChI=1S/C15H26N2O2/c1-7-8-9-10-15(4)14(19-6)16-12(11(2)3)13(17-15)18-5/h7,11-12H,1,8-10H2,2-6H3/t12-,15-/m1/s1. The van der Waals surface area contributed by atoms with Crippen molar-refractivity contribution < 1.29 is 9.47 Å². The Hall–Kier alpha value is -1.32. The maximum atomic E-state index is 5.47. The third-order valence-corrected chi connectivity index (χ3v) is 3.43. The van der Waals surface area contributed by atoms with Crippen molar-refractivity contribution in [3.63, 3.8) is 0 Å². The molecule has 0 aromatic rings. The van der Waals surface area contributed by atoms with Gasteiger partial charge in [0.05, 0.1) is 14.2 Å². The minimum Gasteiger partial charge on any atom is -0.483 e. The normalized spacial score (nSPS) is 26.7. The molecule has 0 aromatic carbocycles. The average molecular weight is 266 g/mol. The Morgan fingerprint density at radius 1 is 1.37 bits per heavy atom. The van der Waals surface area contributed by atoms with E-state index in [9.17, 15) is 0 Å². The summed E-state index contributed by atoms with van der Waals surface area (Å²) < 4.78 is 10.9. The molecule has 1 heterocycles. The van der Waals surface area contributed by atoms with E-state index in [2.05, 4.69) is 20.4 Å². The summed E-state index contributed by atoms with van der Waals surface area (Å²) in [4.78, 5) is 9.46. The number of hydrogen-bond acceptors (Lipinski definition) is 4. The third-order valence-electron chi connectivity index (χ3n) is 3.43. The fraction of sp³-hybridized carbons (Fsp3) is 0.733. The number of unbranched alkanes of at least 4 members (excludes halogenated alkanes) is 1. The summed E-state index contributed by atoms with van der Waals surface area (Å²) in [6, 6.07) is -0.0487. The van der Waals surface area contributed by atoms with E-state index >= 15 is 0 Å². The summed E-state index contributed by atoms with van der Waals surface area (Å²) in [7, 11) is 3.32. The zero-order valence-corrected chi connectivity index (χ0v) is 12.8. The van der Waals surface area contributed by atoms with Crippen LogP contribution in [-0.4, -0.2) is 37.6 Å². The topological polar surface area (TPSA) is 43.2 Å².